The van der Waals surface area contributed by atoms with Gasteiger partial charge in [-0.3, -0.25) is 5.32 Å². The number of aromatic nitrogens is 2. The van der Waals surface area contributed by atoms with Crippen LogP contribution in [0.25, 0.3) is 0 Å². The van der Waals surface area contributed by atoms with Gasteiger partial charge in [0.1, 0.15) is 6.23 Å². The highest BCUT2D eigenvalue weighted by Gasteiger charge is 2.05. The van der Waals surface area contributed by atoms with Crippen LogP contribution in [0.1, 0.15) is 25.6 Å². The van der Waals surface area contributed by atoms with Gasteiger partial charge in [0.15, 0.2) is 5.95 Å². The van der Waals surface area contributed by atoms with Crippen LogP contribution >= 0.6 is 0 Å². The number of nitrogens with one attached hydrogen (secondary N) is 2. The lowest BCUT2D eigenvalue weighted by atomic mass is 10.2. The highest BCUT2D eigenvalue weighted by atomic mass is 16.3. The second-order valence-corrected chi connectivity index (χ2v) is 4.38. The molecule has 0 aliphatic rings. The van der Waals surface area contributed by atoms with E-state index in [0.717, 1.165) is 31.7 Å². The van der Waals surface area contributed by atoms with Crippen molar-refractivity contribution < 1.29 is 5.11 Å². The molecule has 5 N–H and O–H groups in total. The highest BCUT2D eigenvalue weighted by molar-refractivity contribution is 5.15. The Morgan fingerprint density at radius 2 is 2.15 bits per heavy atom. The number of hydrogen-bond acceptors (Lipinski definition) is 5. The number of nitrogens with two attached hydrogens (primary N) is 1. The summed E-state index contributed by atoms with van der Waals surface area (Å²) in [4.78, 5) is 9.05. The number of nitrogen functional groups attached to an aromatic ring is 1. The number of aliphatic hydroxyl groups excluding tert-OH is 1. The van der Waals surface area contributed by atoms with E-state index in [0.29, 0.717) is 5.95 Å². The molecule has 112 valence electrons. The quantitative estimate of drug-likeness (QED) is 0.560. The van der Waals surface area contributed by atoms with Crippen LogP contribution in [0.4, 0.5) is 5.95 Å². The first-order valence-electron chi connectivity index (χ1n) is 6.94. The minimum atomic E-state index is -0.715. The number of anilines is 1. The van der Waals surface area contributed by atoms with Crippen molar-refractivity contribution in [3.63, 3.8) is 0 Å². The molecule has 6 heteroatoms. The predicted octanol–water partition coefficient (Wildman–Crippen LogP) is 1.04. The average Bonchev–Trinajstić information content (AvgIpc) is 2.55. The van der Waals surface area contributed by atoms with Crippen LogP contribution in [0.15, 0.2) is 30.6 Å². The topological polar surface area (TPSA) is 90.2 Å². The summed E-state index contributed by atoms with van der Waals surface area (Å²) in [6.45, 7) is 7.92. The number of aliphatic hydroxyl groups is 1. The van der Waals surface area contributed by atoms with Gasteiger partial charge in [-0.25, -0.2) is 4.98 Å². The number of aromatic amines is 1. The molecule has 1 aromatic heterocycles. The van der Waals surface area contributed by atoms with Crippen LogP contribution in [-0.2, 0) is 0 Å². The fourth-order valence-electron chi connectivity index (χ4n) is 1.79. The largest absolute Gasteiger partial charge is 0.374 e. The molecule has 1 rings (SSSR count). The zero-order valence-electron chi connectivity index (χ0n) is 12.2. The van der Waals surface area contributed by atoms with Crippen LogP contribution in [0, 0.1) is 0 Å². The smallest absolute Gasteiger partial charge is 0.197 e. The van der Waals surface area contributed by atoms with Gasteiger partial charge in [-0.15, -0.1) is 0 Å². The Morgan fingerprint density at radius 3 is 2.85 bits per heavy atom. The molecule has 0 amide bonds. The molecule has 1 atom stereocenters. The third-order valence-corrected chi connectivity index (χ3v) is 3.07. The maximum absolute atomic E-state index is 10.1. The summed E-state index contributed by atoms with van der Waals surface area (Å²) in [6.07, 6.45) is 2.53. The minimum absolute atomic E-state index is 0.316. The van der Waals surface area contributed by atoms with E-state index in [1.165, 1.54) is 0 Å². The van der Waals surface area contributed by atoms with Gasteiger partial charge in [-0.1, -0.05) is 19.9 Å². The zero-order valence-corrected chi connectivity index (χ0v) is 12.2. The second kappa shape index (κ2) is 9.30. The molecule has 6 nitrogen and oxygen atoms in total. The summed E-state index contributed by atoms with van der Waals surface area (Å²) in [5.74, 6) is 0.316. The lowest BCUT2D eigenvalue weighted by Gasteiger charge is -2.19. The Kier molecular flexibility index (Phi) is 7.64. The summed E-state index contributed by atoms with van der Waals surface area (Å²) in [7, 11) is 0. The van der Waals surface area contributed by atoms with Crippen LogP contribution in [0.2, 0.25) is 0 Å². The fraction of sp³-hybridized carbons (Fsp3) is 0.500. The molecule has 20 heavy (non-hydrogen) atoms. The van der Waals surface area contributed by atoms with Crippen LogP contribution in [0.3, 0.4) is 0 Å². The van der Waals surface area contributed by atoms with Gasteiger partial charge in [-0.05, 0) is 30.8 Å². The lowest BCUT2D eigenvalue weighted by Crippen LogP contribution is -2.33. The minimum Gasteiger partial charge on any atom is -0.374 e. The van der Waals surface area contributed by atoms with E-state index in [-0.39, 0.29) is 0 Å². The molecule has 0 spiro atoms. The van der Waals surface area contributed by atoms with E-state index in [1.807, 2.05) is 0 Å². The summed E-state index contributed by atoms with van der Waals surface area (Å²) >= 11 is 0. The van der Waals surface area contributed by atoms with Crippen molar-refractivity contribution in [1.82, 2.24) is 20.2 Å². The van der Waals surface area contributed by atoms with Crippen molar-refractivity contribution in [3.05, 3.63) is 36.2 Å². The van der Waals surface area contributed by atoms with E-state index >= 15 is 0 Å². The van der Waals surface area contributed by atoms with E-state index in [9.17, 15) is 5.11 Å². The normalized spacial score (nSPS) is 12.2. The van der Waals surface area contributed by atoms with Crippen molar-refractivity contribution in [2.24, 2.45) is 0 Å². The van der Waals surface area contributed by atoms with E-state index < -0.39 is 6.23 Å². The standard InChI is InChI=1S/C14H25N5O/c1-3-19(4-2)11-10-16-13(20)12-6-5-8-17-14(15)18-9-7-12/h5-9,13,16,20H,3-4,10-11H2,1-2H3,(H3,15,17,18). The first kappa shape index (κ1) is 16.4. The number of H-pyrrole nitrogens is 1. The Balaban J connectivity index is 2.61. The number of likely N-dealkylation sites (N-methyl/N-ethyl adjacent to an activating group) is 1. The van der Waals surface area contributed by atoms with Crippen molar-refractivity contribution in [1.29, 1.82) is 0 Å². The molecule has 1 heterocycles. The van der Waals surface area contributed by atoms with E-state index in [1.54, 1.807) is 30.6 Å². The van der Waals surface area contributed by atoms with Crippen molar-refractivity contribution >= 4 is 5.95 Å². The third-order valence-electron chi connectivity index (χ3n) is 3.07. The molecule has 0 fully saturated rings. The molecule has 0 saturated heterocycles. The maximum Gasteiger partial charge on any atom is 0.197 e. The van der Waals surface area contributed by atoms with Gasteiger partial charge >= 0.3 is 0 Å². The fourth-order valence-corrected chi connectivity index (χ4v) is 1.79. The first-order valence-corrected chi connectivity index (χ1v) is 6.94. The van der Waals surface area contributed by atoms with E-state index in [4.69, 9.17) is 5.73 Å². The molecule has 0 bridgehead atoms. The van der Waals surface area contributed by atoms with Gasteiger partial charge in [-0.2, -0.15) is 0 Å². The summed E-state index contributed by atoms with van der Waals surface area (Å²) in [5.41, 5.74) is 6.32. The van der Waals surface area contributed by atoms with Gasteiger partial charge in [0.05, 0.1) is 0 Å². The molecule has 0 aliphatic heterocycles. The third kappa shape index (κ3) is 6.01. The summed E-state index contributed by atoms with van der Waals surface area (Å²) < 4.78 is 0. The zero-order chi connectivity index (χ0) is 14.8. The van der Waals surface area contributed by atoms with Gasteiger partial charge < -0.3 is 20.7 Å². The molecular formula is C14H25N5O. The average molecular weight is 279 g/mol. The molecular weight excluding hydrogens is 254 g/mol. The first-order chi connectivity index (χ1) is 9.67. The highest BCUT2D eigenvalue weighted by Crippen LogP contribution is 2.06. The van der Waals surface area contributed by atoms with Crippen molar-refractivity contribution in [3.8, 4) is 0 Å². The molecule has 0 aliphatic carbocycles. The van der Waals surface area contributed by atoms with Gasteiger partial charge in [0, 0.05) is 25.5 Å². The Labute approximate surface area is 120 Å². The number of rotatable bonds is 7. The molecule has 1 unspecified atom stereocenters. The van der Waals surface area contributed by atoms with Crippen molar-refractivity contribution in [2.45, 2.75) is 20.1 Å². The van der Waals surface area contributed by atoms with Crippen LogP contribution in [-0.4, -0.2) is 46.2 Å². The lowest BCUT2D eigenvalue weighted by molar-refractivity contribution is 0.133. The predicted molar refractivity (Wildman–Crippen MR) is 81.4 cm³/mol. The van der Waals surface area contributed by atoms with Crippen LogP contribution < -0.4 is 11.1 Å². The number of hydrogen-bond donors (Lipinski definition) is 4. The SMILES string of the molecule is CCN(CC)CCNC(O)c1cccnc(N)[nH]cc1. The molecule has 0 aromatic carbocycles. The van der Waals surface area contributed by atoms with Gasteiger partial charge in [0.25, 0.3) is 0 Å². The Bertz CT molecular complexity index is 429. The Morgan fingerprint density at radius 1 is 1.40 bits per heavy atom. The van der Waals surface area contributed by atoms with Crippen LogP contribution in [0.5, 0.6) is 0 Å². The Hall–Kier alpha value is -1.63. The second-order valence-electron chi connectivity index (χ2n) is 4.38. The number of nitrogens with zero attached hydrogens (tertiary/aromatic N) is 2. The molecule has 1 aromatic rings. The maximum atomic E-state index is 10.1. The monoisotopic (exact) mass is 279 g/mol. The van der Waals surface area contributed by atoms with E-state index in [2.05, 4.69) is 34.0 Å². The molecule has 0 radical (unpaired) electrons. The van der Waals surface area contributed by atoms with Gasteiger partial charge in [0.2, 0.25) is 0 Å². The molecule has 0 saturated carbocycles. The summed E-state index contributed by atoms with van der Waals surface area (Å²) in [5, 5.41) is 13.2. The van der Waals surface area contributed by atoms with Crippen molar-refractivity contribution in [2.75, 3.05) is 31.9 Å². The summed E-state index contributed by atoms with van der Waals surface area (Å²) in [6, 6.07) is 5.32.